The Kier molecular flexibility index (Phi) is 15.3. The maximum atomic E-state index is 12.6. The molecule has 0 amide bonds. The topological polar surface area (TPSA) is 65.5 Å². The molecular formula is C38H49NO4S. The Bertz CT molecular complexity index is 1320. The van der Waals surface area contributed by atoms with Crippen molar-refractivity contribution in [3.05, 3.63) is 83.2 Å². The number of ether oxygens (including phenoxy) is 2. The zero-order valence-electron chi connectivity index (χ0n) is 27.0. The van der Waals surface area contributed by atoms with Gasteiger partial charge in [0.15, 0.2) is 5.44 Å². The molecule has 1 aromatic heterocycles. The van der Waals surface area contributed by atoms with Crippen molar-refractivity contribution in [3.63, 3.8) is 0 Å². The highest BCUT2D eigenvalue weighted by Gasteiger charge is 2.35. The van der Waals surface area contributed by atoms with E-state index in [9.17, 15) is 9.59 Å². The summed E-state index contributed by atoms with van der Waals surface area (Å²) in [7, 11) is 1.34. The summed E-state index contributed by atoms with van der Waals surface area (Å²) >= 11 is 1.62. The number of rotatable bonds is 16. The second kappa shape index (κ2) is 19.2. The van der Waals surface area contributed by atoms with Gasteiger partial charge in [-0.2, -0.15) is 0 Å². The van der Waals surface area contributed by atoms with Gasteiger partial charge in [-0.15, -0.1) is 0 Å². The van der Waals surface area contributed by atoms with Gasteiger partial charge in [0.1, 0.15) is 5.69 Å². The normalized spacial score (nSPS) is 15.5. The molecule has 2 aromatic rings. The van der Waals surface area contributed by atoms with Crippen LogP contribution in [0.15, 0.2) is 65.7 Å². The number of aromatic nitrogens is 1. The highest BCUT2D eigenvalue weighted by Crippen LogP contribution is 2.46. The SMILES string of the molecule is CCCC/C=C\CCC=CCCCCCCCC(=O)OC1CC(C)(C)c2cc(C#Cc3ccc(C(=O)OC)cn3)ccc2S1. The number of methoxy groups -OCH3 is 1. The molecule has 5 nitrogen and oxygen atoms in total. The fourth-order valence-electron chi connectivity index (χ4n) is 5.11. The van der Waals surface area contributed by atoms with Crippen LogP contribution in [0.2, 0.25) is 0 Å². The number of unbranched alkanes of at least 4 members (excludes halogenated alkanes) is 8. The molecule has 3 rings (SSSR count). The van der Waals surface area contributed by atoms with Crippen LogP contribution in [0.4, 0.5) is 0 Å². The van der Waals surface area contributed by atoms with Crippen molar-refractivity contribution in [1.82, 2.24) is 4.98 Å². The monoisotopic (exact) mass is 615 g/mol. The minimum atomic E-state index is -0.419. The smallest absolute Gasteiger partial charge is 0.339 e. The number of thioether (sulfide) groups is 1. The lowest BCUT2D eigenvalue weighted by atomic mass is 9.80. The molecule has 1 unspecified atom stereocenters. The Labute approximate surface area is 269 Å². The lowest BCUT2D eigenvalue weighted by molar-refractivity contribution is -0.145. The third kappa shape index (κ3) is 12.4. The molecule has 0 bridgehead atoms. The predicted molar refractivity (Wildman–Crippen MR) is 181 cm³/mol. The van der Waals surface area contributed by atoms with Crippen LogP contribution < -0.4 is 0 Å². The van der Waals surface area contributed by atoms with Gasteiger partial charge in [0.2, 0.25) is 0 Å². The van der Waals surface area contributed by atoms with Crippen LogP contribution in [0.25, 0.3) is 0 Å². The van der Waals surface area contributed by atoms with Gasteiger partial charge in [-0.25, -0.2) is 9.78 Å². The Morgan fingerprint density at radius 1 is 0.932 bits per heavy atom. The Morgan fingerprint density at radius 3 is 2.34 bits per heavy atom. The number of allylic oxidation sites excluding steroid dienone is 4. The number of carbonyl (C=O) groups is 2. The summed E-state index contributed by atoms with van der Waals surface area (Å²) in [6.45, 7) is 6.62. The Hall–Kier alpha value is -3.30. The zero-order valence-corrected chi connectivity index (χ0v) is 27.8. The third-order valence-electron chi connectivity index (χ3n) is 7.74. The fourth-order valence-corrected chi connectivity index (χ4v) is 6.66. The predicted octanol–water partition coefficient (Wildman–Crippen LogP) is 9.72. The summed E-state index contributed by atoms with van der Waals surface area (Å²) in [6.07, 6.45) is 24.7. The molecule has 1 atom stereocenters. The highest BCUT2D eigenvalue weighted by molar-refractivity contribution is 7.99. The molecule has 0 saturated carbocycles. The Balaban J connectivity index is 1.35. The lowest BCUT2D eigenvalue weighted by Gasteiger charge is -2.36. The largest absolute Gasteiger partial charge is 0.465 e. The molecule has 0 N–H and O–H groups in total. The molecule has 2 heterocycles. The van der Waals surface area contributed by atoms with Crippen molar-refractivity contribution in [2.24, 2.45) is 0 Å². The van der Waals surface area contributed by atoms with Crippen molar-refractivity contribution in [3.8, 4) is 11.8 Å². The zero-order chi connectivity index (χ0) is 31.6. The minimum absolute atomic E-state index is 0.0957. The maximum absolute atomic E-state index is 12.6. The van der Waals surface area contributed by atoms with Crippen molar-refractivity contribution in [2.75, 3.05) is 7.11 Å². The second-order valence-electron chi connectivity index (χ2n) is 12.0. The molecule has 236 valence electrons. The number of hydrogen-bond acceptors (Lipinski definition) is 6. The number of esters is 2. The van der Waals surface area contributed by atoms with Gasteiger partial charge < -0.3 is 9.47 Å². The van der Waals surface area contributed by atoms with Crippen LogP contribution in [0, 0.1) is 11.8 Å². The van der Waals surface area contributed by atoms with Gasteiger partial charge in [-0.1, -0.05) is 94.9 Å². The number of nitrogens with zero attached hydrogens (tertiary/aromatic N) is 1. The van der Waals surface area contributed by atoms with Crippen LogP contribution in [-0.4, -0.2) is 29.5 Å². The molecule has 0 spiro atoms. The first-order chi connectivity index (χ1) is 21.3. The first kappa shape index (κ1) is 35.2. The fraction of sp³-hybridized carbons (Fsp3) is 0.500. The van der Waals surface area contributed by atoms with Crippen molar-refractivity contribution < 1.29 is 19.1 Å². The summed E-state index contributed by atoms with van der Waals surface area (Å²) in [5.41, 5.74) is 2.76. The van der Waals surface area contributed by atoms with Crippen LogP contribution in [-0.2, 0) is 19.7 Å². The summed E-state index contributed by atoms with van der Waals surface area (Å²) in [5, 5.41) is 0. The quantitative estimate of drug-likeness (QED) is 0.0811. The summed E-state index contributed by atoms with van der Waals surface area (Å²) in [4.78, 5) is 29.6. The molecule has 1 aromatic carbocycles. The van der Waals surface area contributed by atoms with E-state index in [0.29, 0.717) is 17.7 Å². The number of benzene rings is 1. The first-order valence-electron chi connectivity index (χ1n) is 16.2. The van der Waals surface area contributed by atoms with Crippen LogP contribution >= 0.6 is 11.8 Å². The van der Waals surface area contributed by atoms with Gasteiger partial charge in [-0.3, -0.25) is 4.79 Å². The molecule has 0 aliphatic carbocycles. The average molecular weight is 616 g/mol. The number of hydrogen-bond donors (Lipinski definition) is 0. The molecule has 44 heavy (non-hydrogen) atoms. The van der Waals surface area contributed by atoms with Crippen molar-refractivity contribution >= 4 is 23.7 Å². The van der Waals surface area contributed by atoms with Gasteiger partial charge in [0, 0.05) is 29.5 Å². The Morgan fingerprint density at radius 2 is 1.64 bits per heavy atom. The molecular weight excluding hydrogens is 566 g/mol. The summed E-state index contributed by atoms with van der Waals surface area (Å²) in [5.74, 6) is 5.75. The van der Waals surface area contributed by atoms with E-state index in [0.717, 1.165) is 49.0 Å². The van der Waals surface area contributed by atoms with E-state index in [4.69, 9.17) is 9.47 Å². The first-order valence-corrected chi connectivity index (χ1v) is 17.1. The minimum Gasteiger partial charge on any atom is -0.465 e. The molecule has 1 aliphatic heterocycles. The molecule has 6 heteroatoms. The van der Waals surface area contributed by atoms with Gasteiger partial charge >= 0.3 is 11.9 Å². The number of carbonyl (C=O) groups excluding carboxylic acids is 2. The van der Waals surface area contributed by atoms with Crippen molar-refractivity contribution in [2.45, 2.75) is 120 Å². The van der Waals surface area contributed by atoms with Crippen LogP contribution in [0.1, 0.15) is 131 Å². The van der Waals surface area contributed by atoms with E-state index in [-0.39, 0.29) is 16.8 Å². The van der Waals surface area contributed by atoms with Gasteiger partial charge in [-0.05, 0) is 85.8 Å². The van der Waals surface area contributed by atoms with Crippen LogP contribution in [0.5, 0.6) is 0 Å². The van der Waals surface area contributed by atoms with E-state index in [1.165, 1.54) is 57.4 Å². The van der Waals surface area contributed by atoms with E-state index < -0.39 is 5.97 Å². The van der Waals surface area contributed by atoms with Gasteiger partial charge in [0.05, 0.1) is 12.7 Å². The lowest BCUT2D eigenvalue weighted by Crippen LogP contribution is -2.31. The van der Waals surface area contributed by atoms with Gasteiger partial charge in [0.25, 0.3) is 0 Å². The third-order valence-corrected chi connectivity index (χ3v) is 8.87. The number of pyridine rings is 1. The van der Waals surface area contributed by atoms with Crippen LogP contribution in [0.3, 0.4) is 0 Å². The van der Waals surface area contributed by atoms with E-state index in [2.05, 4.69) is 74.0 Å². The molecule has 0 radical (unpaired) electrons. The number of fused-ring (bicyclic) bond motifs is 1. The summed E-state index contributed by atoms with van der Waals surface area (Å²) < 4.78 is 10.6. The highest BCUT2D eigenvalue weighted by atomic mass is 32.2. The second-order valence-corrected chi connectivity index (χ2v) is 13.2. The summed E-state index contributed by atoms with van der Waals surface area (Å²) in [6, 6.07) is 9.56. The molecule has 0 fully saturated rings. The van der Waals surface area contributed by atoms with E-state index in [1.807, 2.05) is 6.07 Å². The maximum Gasteiger partial charge on any atom is 0.339 e. The van der Waals surface area contributed by atoms with E-state index in [1.54, 1.807) is 23.9 Å². The standard InChI is InChI=1S/C38H49NO4S/c1-5-6-7-8-9-10-11-12-13-14-15-16-17-18-19-20-35(40)43-36-28-38(2,3)33-27-30(22-26-34(33)44-36)21-24-32-25-23-31(29-39-32)37(41)42-4/h8-9,12-13,22-23,25-27,29,36H,5-7,10-11,14-20,28H2,1-4H3/b9-8-,13-12?. The average Bonchev–Trinajstić information content (AvgIpc) is 3.01. The van der Waals surface area contributed by atoms with Crippen molar-refractivity contribution in [1.29, 1.82) is 0 Å². The van der Waals surface area contributed by atoms with E-state index >= 15 is 0 Å². The molecule has 1 aliphatic rings. The molecule has 0 saturated heterocycles.